The number of nitrogens with zero attached hydrogens (tertiary/aromatic N) is 2. The van der Waals surface area contributed by atoms with Crippen molar-refractivity contribution in [1.29, 1.82) is 0 Å². The Hall–Kier alpha value is -0.480. The molecule has 0 fully saturated rings. The van der Waals surface area contributed by atoms with Gasteiger partial charge in [0.1, 0.15) is 0 Å². The van der Waals surface area contributed by atoms with Gasteiger partial charge in [0, 0.05) is 25.0 Å². The predicted molar refractivity (Wildman–Crippen MR) is 58.1 cm³/mol. The van der Waals surface area contributed by atoms with E-state index in [1.165, 1.54) is 5.56 Å². The van der Waals surface area contributed by atoms with E-state index in [4.69, 9.17) is 0 Å². The van der Waals surface area contributed by atoms with Crippen LogP contribution < -0.4 is 5.32 Å². The van der Waals surface area contributed by atoms with Gasteiger partial charge in [-0.05, 0) is 25.3 Å². The summed E-state index contributed by atoms with van der Waals surface area (Å²) in [5.41, 5.74) is 1.30. The van der Waals surface area contributed by atoms with Crippen LogP contribution in [0.4, 0.5) is 0 Å². The number of hydrogen-bond acceptors (Lipinski definition) is 3. The van der Waals surface area contributed by atoms with Crippen molar-refractivity contribution in [2.75, 3.05) is 19.1 Å². The van der Waals surface area contributed by atoms with Crippen LogP contribution in [0.3, 0.4) is 0 Å². The van der Waals surface area contributed by atoms with Gasteiger partial charge in [0.25, 0.3) is 0 Å². The van der Waals surface area contributed by atoms with Gasteiger partial charge in [0.05, 0.1) is 6.20 Å². The van der Waals surface area contributed by atoms with Crippen molar-refractivity contribution in [2.24, 2.45) is 7.05 Å². The Morgan fingerprint density at radius 2 is 2.46 bits per heavy atom. The molecule has 1 N–H and O–H groups in total. The lowest BCUT2D eigenvalue weighted by Crippen LogP contribution is -2.29. The number of aromatic nitrogens is 2. The van der Waals surface area contributed by atoms with Gasteiger partial charge < -0.3 is 5.32 Å². The van der Waals surface area contributed by atoms with E-state index in [-0.39, 0.29) is 0 Å². The largest absolute Gasteiger partial charge is 0.316 e. The van der Waals surface area contributed by atoms with Crippen LogP contribution in [0.2, 0.25) is 0 Å². The number of thioether (sulfide) groups is 1. The third-order valence-electron chi connectivity index (χ3n) is 2.02. The van der Waals surface area contributed by atoms with E-state index in [1.54, 1.807) is 0 Å². The van der Waals surface area contributed by atoms with Gasteiger partial charge in [-0.2, -0.15) is 16.9 Å². The zero-order valence-electron chi connectivity index (χ0n) is 8.45. The fourth-order valence-electron chi connectivity index (χ4n) is 1.31. The summed E-state index contributed by atoms with van der Waals surface area (Å²) in [6.45, 7) is 0. The first-order valence-electron chi connectivity index (χ1n) is 4.40. The van der Waals surface area contributed by atoms with Crippen LogP contribution in [-0.4, -0.2) is 34.9 Å². The second-order valence-electron chi connectivity index (χ2n) is 3.17. The first-order chi connectivity index (χ1) is 6.26. The average molecular weight is 199 g/mol. The van der Waals surface area contributed by atoms with Gasteiger partial charge in [0.2, 0.25) is 0 Å². The quantitative estimate of drug-likeness (QED) is 0.764. The zero-order valence-corrected chi connectivity index (χ0v) is 9.27. The zero-order chi connectivity index (χ0) is 9.68. The minimum absolute atomic E-state index is 0.555. The van der Waals surface area contributed by atoms with E-state index in [0.717, 1.165) is 12.2 Å². The maximum Gasteiger partial charge on any atom is 0.0522 e. The Morgan fingerprint density at radius 1 is 1.69 bits per heavy atom. The molecule has 1 aromatic rings. The highest BCUT2D eigenvalue weighted by Crippen LogP contribution is 2.05. The maximum atomic E-state index is 4.15. The highest BCUT2D eigenvalue weighted by molar-refractivity contribution is 7.98. The maximum absolute atomic E-state index is 4.15. The summed E-state index contributed by atoms with van der Waals surface area (Å²) in [5.74, 6) is 1.14. The molecule has 0 aromatic carbocycles. The van der Waals surface area contributed by atoms with Gasteiger partial charge in [-0.25, -0.2) is 0 Å². The van der Waals surface area contributed by atoms with Crippen molar-refractivity contribution in [3.05, 3.63) is 18.0 Å². The van der Waals surface area contributed by atoms with E-state index in [0.29, 0.717) is 6.04 Å². The molecule has 0 aliphatic carbocycles. The van der Waals surface area contributed by atoms with Crippen LogP contribution >= 0.6 is 11.8 Å². The van der Waals surface area contributed by atoms with E-state index < -0.39 is 0 Å². The summed E-state index contributed by atoms with van der Waals surface area (Å²) < 4.78 is 1.85. The Kier molecular flexibility index (Phi) is 4.32. The molecule has 1 heterocycles. The van der Waals surface area contributed by atoms with E-state index in [2.05, 4.69) is 22.9 Å². The molecule has 0 saturated carbocycles. The fraction of sp³-hybridized carbons (Fsp3) is 0.667. The van der Waals surface area contributed by atoms with E-state index >= 15 is 0 Å². The summed E-state index contributed by atoms with van der Waals surface area (Å²) in [6.07, 6.45) is 7.20. The standard InChI is InChI=1S/C9H17N3S/c1-10-9(7-13-3)4-8-5-11-12(2)6-8/h5-6,9-10H,4,7H2,1-3H3. The number of nitrogens with one attached hydrogen (secondary N) is 1. The molecule has 0 radical (unpaired) electrons. The molecule has 4 heteroatoms. The van der Waals surface area contributed by atoms with Gasteiger partial charge >= 0.3 is 0 Å². The molecule has 3 nitrogen and oxygen atoms in total. The lowest BCUT2D eigenvalue weighted by Gasteiger charge is -2.12. The topological polar surface area (TPSA) is 29.9 Å². The van der Waals surface area contributed by atoms with Gasteiger partial charge in [-0.3, -0.25) is 4.68 Å². The number of hydrogen-bond donors (Lipinski definition) is 1. The molecule has 0 aliphatic rings. The van der Waals surface area contributed by atoms with Crippen molar-refractivity contribution >= 4 is 11.8 Å². The molecule has 13 heavy (non-hydrogen) atoms. The molecule has 1 aromatic heterocycles. The Morgan fingerprint density at radius 3 is 2.92 bits per heavy atom. The van der Waals surface area contributed by atoms with Crippen LogP contribution in [0, 0.1) is 0 Å². The molecule has 74 valence electrons. The molecular weight excluding hydrogens is 182 g/mol. The van der Waals surface area contributed by atoms with Crippen molar-refractivity contribution in [2.45, 2.75) is 12.5 Å². The predicted octanol–water partition coefficient (Wildman–Crippen LogP) is 0.914. The highest BCUT2D eigenvalue weighted by atomic mass is 32.2. The van der Waals surface area contributed by atoms with E-state index in [9.17, 15) is 0 Å². The third kappa shape index (κ3) is 3.40. The normalized spacial score (nSPS) is 13.2. The second kappa shape index (κ2) is 5.29. The minimum Gasteiger partial charge on any atom is -0.316 e. The van der Waals surface area contributed by atoms with Crippen LogP contribution in [0.1, 0.15) is 5.56 Å². The van der Waals surface area contributed by atoms with Crippen molar-refractivity contribution in [1.82, 2.24) is 15.1 Å². The van der Waals surface area contributed by atoms with Crippen LogP contribution in [0.5, 0.6) is 0 Å². The molecule has 0 saturated heterocycles. The summed E-state index contributed by atoms with van der Waals surface area (Å²) in [7, 11) is 3.96. The third-order valence-corrected chi connectivity index (χ3v) is 2.75. The highest BCUT2D eigenvalue weighted by Gasteiger charge is 2.06. The average Bonchev–Trinajstić information content (AvgIpc) is 2.50. The van der Waals surface area contributed by atoms with E-state index in [1.807, 2.05) is 36.7 Å². The summed E-state index contributed by atoms with van der Waals surface area (Å²) in [5, 5.41) is 7.45. The summed E-state index contributed by atoms with van der Waals surface area (Å²) in [6, 6.07) is 0.555. The molecule has 1 rings (SSSR count). The molecule has 0 spiro atoms. The molecule has 1 atom stereocenters. The van der Waals surface area contributed by atoms with Crippen LogP contribution in [0.25, 0.3) is 0 Å². The Labute approximate surface area is 83.9 Å². The van der Waals surface area contributed by atoms with Crippen LogP contribution in [0.15, 0.2) is 12.4 Å². The van der Waals surface area contributed by atoms with Gasteiger partial charge in [-0.15, -0.1) is 0 Å². The van der Waals surface area contributed by atoms with Crippen LogP contribution in [-0.2, 0) is 13.5 Å². The summed E-state index contributed by atoms with van der Waals surface area (Å²) in [4.78, 5) is 0. The van der Waals surface area contributed by atoms with Crippen molar-refractivity contribution in [3.8, 4) is 0 Å². The van der Waals surface area contributed by atoms with Crippen molar-refractivity contribution < 1.29 is 0 Å². The lowest BCUT2D eigenvalue weighted by molar-refractivity contribution is 0.617. The molecular formula is C9H17N3S. The lowest BCUT2D eigenvalue weighted by atomic mass is 10.1. The Bertz CT molecular complexity index is 247. The first kappa shape index (κ1) is 10.6. The molecule has 0 bridgehead atoms. The molecule has 0 amide bonds. The smallest absolute Gasteiger partial charge is 0.0522 e. The van der Waals surface area contributed by atoms with Gasteiger partial charge in [-0.1, -0.05) is 0 Å². The monoisotopic (exact) mass is 199 g/mol. The fourth-order valence-corrected chi connectivity index (χ4v) is 1.99. The molecule has 1 unspecified atom stereocenters. The minimum atomic E-state index is 0.555. The Balaban J connectivity index is 2.46. The number of rotatable bonds is 5. The number of aryl methyl sites for hydroxylation is 1. The number of likely N-dealkylation sites (N-methyl/N-ethyl adjacent to an activating group) is 1. The first-order valence-corrected chi connectivity index (χ1v) is 5.79. The SMILES string of the molecule is CNC(CSC)Cc1cnn(C)c1. The summed E-state index contributed by atoms with van der Waals surface area (Å²) >= 11 is 1.87. The molecule has 0 aliphatic heterocycles. The van der Waals surface area contributed by atoms with Crippen molar-refractivity contribution in [3.63, 3.8) is 0 Å². The second-order valence-corrected chi connectivity index (χ2v) is 4.08. The van der Waals surface area contributed by atoms with Gasteiger partial charge in [0.15, 0.2) is 0 Å².